The monoisotopic (exact) mass is 612 g/mol. The number of H-pyrrole nitrogens is 1. The van der Waals surface area contributed by atoms with Gasteiger partial charge in [0.1, 0.15) is 5.82 Å². The van der Waals surface area contributed by atoms with Gasteiger partial charge in [-0.25, -0.2) is 28.8 Å². The van der Waals surface area contributed by atoms with Gasteiger partial charge in [-0.1, -0.05) is 36.4 Å². The first-order valence-electron chi connectivity index (χ1n) is 14.5. The second kappa shape index (κ2) is 12.1. The van der Waals surface area contributed by atoms with E-state index in [0.717, 1.165) is 5.56 Å². The zero-order valence-corrected chi connectivity index (χ0v) is 24.3. The van der Waals surface area contributed by atoms with Crippen LogP contribution < -0.4 is 20.4 Å². The van der Waals surface area contributed by atoms with Crippen molar-refractivity contribution in [3.8, 4) is 17.2 Å². The van der Waals surface area contributed by atoms with Gasteiger partial charge < -0.3 is 10.5 Å². The van der Waals surface area contributed by atoms with Crippen molar-refractivity contribution in [1.82, 2.24) is 20.5 Å². The van der Waals surface area contributed by atoms with Crippen molar-refractivity contribution >= 4 is 23.3 Å². The van der Waals surface area contributed by atoms with Crippen LogP contribution in [0.3, 0.4) is 0 Å². The lowest BCUT2D eigenvalue weighted by atomic mass is 9.87. The van der Waals surface area contributed by atoms with Crippen LogP contribution in [0.15, 0.2) is 79.3 Å². The molecule has 2 aromatic carbocycles. The number of carbonyl (C=O) groups excluding carboxylic acids is 2. The molecule has 6 rings (SSSR count). The van der Waals surface area contributed by atoms with Crippen molar-refractivity contribution in [2.24, 2.45) is 0 Å². The second-order valence-electron chi connectivity index (χ2n) is 11.3. The van der Waals surface area contributed by atoms with Gasteiger partial charge in [-0.15, -0.1) is 0 Å². The van der Waals surface area contributed by atoms with Gasteiger partial charge in [0.15, 0.2) is 12.2 Å². The molecule has 1 aliphatic heterocycles. The molecule has 3 N–H and O–H groups in total. The van der Waals surface area contributed by atoms with E-state index >= 15 is 0 Å². The molecule has 45 heavy (non-hydrogen) atoms. The third kappa shape index (κ3) is 5.98. The minimum absolute atomic E-state index is 0.0517. The Balaban J connectivity index is 1.47. The maximum atomic E-state index is 14.9. The number of pyridine rings is 1. The average molecular weight is 613 g/mol. The highest BCUT2D eigenvalue weighted by Crippen LogP contribution is 2.38. The fourth-order valence-corrected chi connectivity index (χ4v) is 5.97. The van der Waals surface area contributed by atoms with E-state index in [0.29, 0.717) is 22.4 Å². The molecular weight excluding hydrogens is 582 g/mol. The smallest absolute Gasteiger partial charge is 0.253 e. The number of hydrogen-bond donors (Lipinski definition) is 3. The van der Waals surface area contributed by atoms with Crippen molar-refractivity contribution in [3.05, 3.63) is 101 Å². The van der Waals surface area contributed by atoms with Gasteiger partial charge >= 0.3 is 0 Å². The number of quaternary nitrogens is 1. The Kier molecular flexibility index (Phi) is 8.01. The summed E-state index contributed by atoms with van der Waals surface area (Å²) in [5, 5.41) is 34.6. The number of benzene rings is 2. The number of amides is 2. The van der Waals surface area contributed by atoms with Crippen LogP contribution in [0.5, 0.6) is 0 Å². The Bertz CT molecular complexity index is 1750. The van der Waals surface area contributed by atoms with Crippen molar-refractivity contribution in [2.75, 3.05) is 9.91 Å². The summed E-state index contributed by atoms with van der Waals surface area (Å²) in [7, 11) is 0. The van der Waals surface area contributed by atoms with E-state index in [1.807, 2.05) is 12.1 Å². The van der Waals surface area contributed by atoms with Crippen molar-refractivity contribution in [1.29, 1.82) is 5.26 Å². The van der Waals surface area contributed by atoms with Crippen LogP contribution in [-0.4, -0.2) is 45.1 Å². The van der Waals surface area contributed by atoms with Gasteiger partial charge in [0.2, 0.25) is 5.91 Å². The highest BCUT2D eigenvalue weighted by atomic mass is 19.3. The predicted molar refractivity (Wildman–Crippen MR) is 160 cm³/mol. The summed E-state index contributed by atoms with van der Waals surface area (Å²) in [5.74, 6) is -3.68. The molecule has 11 nitrogen and oxygen atoms in total. The molecule has 2 amide bonds. The zero-order chi connectivity index (χ0) is 31.7. The Morgan fingerprint density at radius 3 is 2.71 bits per heavy atom. The minimum Gasteiger partial charge on any atom is -0.606 e. The lowest BCUT2D eigenvalue weighted by molar-refractivity contribution is -0.885. The maximum absolute atomic E-state index is 14.9. The van der Waals surface area contributed by atoms with Crippen LogP contribution in [0.1, 0.15) is 48.4 Å². The van der Waals surface area contributed by atoms with Crippen LogP contribution in [0.25, 0.3) is 11.1 Å². The Morgan fingerprint density at radius 1 is 1.20 bits per heavy atom. The van der Waals surface area contributed by atoms with Crippen LogP contribution in [0.4, 0.5) is 20.3 Å². The van der Waals surface area contributed by atoms with Gasteiger partial charge in [0.05, 0.1) is 23.5 Å². The summed E-state index contributed by atoms with van der Waals surface area (Å²) in [6.07, 6.45) is 2.87. The van der Waals surface area contributed by atoms with Crippen LogP contribution >= 0.6 is 0 Å². The molecule has 2 fully saturated rings. The maximum Gasteiger partial charge on any atom is 0.253 e. The number of nitriles is 1. The number of hydroxylamine groups is 1. The summed E-state index contributed by atoms with van der Waals surface area (Å²) < 4.78 is 27.5. The Labute approximate surface area is 257 Å². The first-order chi connectivity index (χ1) is 21.6. The van der Waals surface area contributed by atoms with Gasteiger partial charge in [0.25, 0.3) is 11.8 Å². The summed E-state index contributed by atoms with van der Waals surface area (Å²) in [5.41, 5.74) is 3.30. The molecule has 2 aliphatic rings. The van der Waals surface area contributed by atoms with Crippen molar-refractivity contribution in [3.63, 3.8) is 0 Å². The van der Waals surface area contributed by atoms with Gasteiger partial charge in [-0.05, 0) is 47.9 Å². The third-order valence-electron chi connectivity index (χ3n) is 8.24. The molecule has 3 heterocycles. The van der Waals surface area contributed by atoms with E-state index in [4.69, 9.17) is 0 Å². The zero-order valence-electron chi connectivity index (χ0n) is 24.3. The molecule has 230 valence electrons. The summed E-state index contributed by atoms with van der Waals surface area (Å²) in [4.78, 5) is 32.9. The molecule has 0 radical (unpaired) electrons. The number of nitrogens with zero attached hydrogens (tertiary/aromatic N) is 5. The molecule has 0 spiro atoms. The highest BCUT2D eigenvalue weighted by Gasteiger charge is 2.48. The number of aromatic nitrogens is 3. The number of halogens is 2. The lowest BCUT2D eigenvalue weighted by Crippen LogP contribution is -3.20. The Hall–Kier alpha value is -5.19. The summed E-state index contributed by atoms with van der Waals surface area (Å²) >= 11 is 0. The molecule has 1 saturated carbocycles. The van der Waals surface area contributed by atoms with E-state index in [-0.39, 0.29) is 30.1 Å². The third-order valence-corrected chi connectivity index (χ3v) is 8.24. The van der Waals surface area contributed by atoms with Gasteiger partial charge in [-0.2, -0.15) is 10.4 Å². The molecule has 2 aromatic heterocycles. The van der Waals surface area contributed by atoms with E-state index in [1.54, 1.807) is 61.8 Å². The largest absolute Gasteiger partial charge is 0.606 e. The number of alkyl halides is 2. The molecule has 1 aliphatic carbocycles. The van der Waals surface area contributed by atoms with E-state index < -0.39 is 48.1 Å². The van der Waals surface area contributed by atoms with Crippen LogP contribution in [0.2, 0.25) is 0 Å². The highest BCUT2D eigenvalue weighted by molar-refractivity contribution is 5.95. The molecule has 1 unspecified atom stereocenters. The molecular formula is C32H30F2N8O3. The number of anilines is 2. The number of rotatable bonds is 9. The summed E-state index contributed by atoms with van der Waals surface area (Å²) in [6.45, 7) is 1.81. The first kappa shape index (κ1) is 29.9. The summed E-state index contributed by atoms with van der Waals surface area (Å²) in [6, 6.07) is 17.0. The standard InChI is InChI=1S/C32H30F2N8O3/c1-20-5-2-3-8-26(20)30(31(44)39-24-15-32(33,34)16-24)41(25-7-4-6-22(14-25)23-18-37-38-19-23)42(45)28-9-10-29(43)40(28)27-13-21(17-35)11-12-36-27/h2-8,11-14,18-19,24,28,30,42H,9-10,15-16H2,1H3,(H,37,38)(H,39,44)/t28-,30+/m1/s1. The molecule has 3 atom stereocenters. The lowest BCUT2D eigenvalue weighted by Gasteiger charge is -2.45. The quantitative estimate of drug-likeness (QED) is 0.245. The average Bonchev–Trinajstić information content (AvgIpc) is 3.70. The topological polar surface area (TPSA) is 146 Å². The van der Waals surface area contributed by atoms with Crippen LogP contribution in [-0.2, 0) is 9.59 Å². The number of aryl methyl sites for hydroxylation is 1. The normalized spacial score (nSPS) is 19.0. The minimum atomic E-state index is -2.86. The van der Waals surface area contributed by atoms with E-state index in [1.165, 1.54) is 28.2 Å². The Morgan fingerprint density at radius 2 is 2.00 bits per heavy atom. The SMILES string of the molecule is Cc1ccccc1[C@@H](C(=O)NC1CC(F)(F)C1)N(c1cccc(-c2cn[nH]c2)c1)[NH+]([O-])[C@@H]1CCC(=O)N1c1cc(C#N)ccn1. The van der Waals surface area contributed by atoms with Crippen molar-refractivity contribution in [2.45, 2.75) is 56.8 Å². The number of carbonyl (C=O) groups is 2. The molecule has 13 heteroatoms. The molecule has 4 aromatic rings. The van der Waals surface area contributed by atoms with Gasteiger partial charge in [0, 0.05) is 49.7 Å². The second-order valence-corrected chi connectivity index (χ2v) is 11.3. The van der Waals surface area contributed by atoms with Crippen molar-refractivity contribution < 1.29 is 23.5 Å². The number of hydrogen-bond acceptors (Lipinski definition) is 7. The fraction of sp³-hybridized carbons (Fsp3) is 0.281. The fourth-order valence-electron chi connectivity index (χ4n) is 5.97. The number of nitrogens with one attached hydrogen (secondary N) is 3. The van der Waals surface area contributed by atoms with E-state index in [2.05, 4.69) is 20.5 Å². The number of aromatic amines is 1. The van der Waals surface area contributed by atoms with Crippen LogP contribution in [0, 0.1) is 23.5 Å². The van der Waals surface area contributed by atoms with E-state index in [9.17, 15) is 28.8 Å². The predicted octanol–water partition coefficient (Wildman–Crippen LogP) is 3.56. The molecule has 1 saturated heterocycles. The first-order valence-corrected chi connectivity index (χ1v) is 14.5. The van der Waals surface area contributed by atoms with Gasteiger partial charge in [-0.3, -0.25) is 14.7 Å². The molecule has 0 bridgehead atoms.